The Hall–Kier alpha value is -2.91. The quantitative estimate of drug-likeness (QED) is 0.235. The number of carbonyl (C=O) groups is 1. The number of amides is 1. The molecule has 7 nitrogen and oxygen atoms in total. The van der Waals surface area contributed by atoms with Crippen LogP contribution in [-0.2, 0) is 0 Å². The maximum absolute atomic E-state index is 12.0. The molecule has 0 aliphatic carbocycles. The molecule has 3 aromatic rings. The lowest BCUT2D eigenvalue weighted by molar-refractivity contribution is 0.0955. The molecule has 31 heavy (non-hydrogen) atoms. The van der Waals surface area contributed by atoms with Crippen LogP contribution in [-0.4, -0.2) is 37.4 Å². The SMILES string of the molecule is COc1cc(/C=N\NC(=O)c2ccncc2)cc(Br)c1OCCOc1ccc(Br)cc1. The van der Waals surface area contributed by atoms with Gasteiger partial charge in [-0.3, -0.25) is 9.78 Å². The van der Waals surface area contributed by atoms with Crippen molar-refractivity contribution in [3.63, 3.8) is 0 Å². The Morgan fingerprint density at radius 2 is 1.77 bits per heavy atom. The van der Waals surface area contributed by atoms with Crippen LogP contribution in [0.2, 0.25) is 0 Å². The fourth-order valence-electron chi connectivity index (χ4n) is 2.52. The number of aromatic nitrogens is 1. The molecule has 0 saturated carbocycles. The third-order valence-corrected chi connectivity index (χ3v) is 5.10. The summed E-state index contributed by atoms with van der Waals surface area (Å²) in [6.45, 7) is 0.710. The van der Waals surface area contributed by atoms with E-state index in [1.165, 1.54) is 6.21 Å². The summed E-state index contributed by atoms with van der Waals surface area (Å²) in [4.78, 5) is 15.9. The lowest BCUT2D eigenvalue weighted by atomic mass is 10.2. The zero-order valence-electron chi connectivity index (χ0n) is 16.5. The van der Waals surface area contributed by atoms with Crippen LogP contribution in [0.25, 0.3) is 0 Å². The molecule has 0 radical (unpaired) electrons. The highest BCUT2D eigenvalue weighted by Crippen LogP contribution is 2.36. The molecule has 1 aromatic heterocycles. The minimum absolute atomic E-state index is 0.324. The molecule has 9 heteroatoms. The minimum Gasteiger partial charge on any atom is -0.493 e. The molecule has 0 atom stereocenters. The van der Waals surface area contributed by atoms with Gasteiger partial charge in [-0.1, -0.05) is 15.9 Å². The second-order valence-corrected chi connectivity index (χ2v) is 7.89. The van der Waals surface area contributed by atoms with Crippen molar-refractivity contribution in [2.45, 2.75) is 0 Å². The molecular weight excluding hydrogens is 530 g/mol. The number of rotatable bonds is 9. The van der Waals surface area contributed by atoms with Crippen molar-refractivity contribution in [1.29, 1.82) is 0 Å². The van der Waals surface area contributed by atoms with Crippen molar-refractivity contribution in [3.05, 3.63) is 81.0 Å². The second-order valence-electron chi connectivity index (χ2n) is 6.12. The van der Waals surface area contributed by atoms with Crippen LogP contribution in [0.3, 0.4) is 0 Å². The van der Waals surface area contributed by atoms with Crippen LogP contribution in [0.15, 0.2) is 75.0 Å². The van der Waals surface area contributed by atoms with Gasteiger partial charge in [0.2, 0.25) is 0 Å². The molecule has 3 rings (SSSR count). The number of carbonyl (C=O) groups excluding carboxylic acids is 1. The first-order valence-electron chi connectivity index (χ1n) is 9.19. The number of ether oxygens (including phenoxy) is 3. The van der Waals surface area contributed by atoms with Gasteiger partial charge >= 0.3 is 0 Å². The zero-order chi connectivity index (χ0) is 22.1. The summed E-state index contributed by atoms with van der Waals surface area (Å²) in [6, 6.07) is 14.4. The van der Waals surface area contributed by atoms with Crippen LogP contribution in [0.1, 0.15) is 15.9 Å². The number of benzene rings is 2. The highest BCUT2D eigenvalue weighted by molar-refractivity contribution is 9.10. The van der Waals surface area contributed by atoms with E-state index in [0.717, 1.165) is 15.8 Å². The van der Waals surface area contributed by atoms with E-state index < -0.39 is 0 Å². The summed E-state index contributed by atoms with van der Waals surface area (Å²) in [5.74, 6) is 1.52. The van der Waals surface area contributed by atoms with Gasteiger partial charge in [-0.2, -0.15) is 5.10 Å². The van der Waals surface area contributed by atoms with Crippen molar-refractivity contribution in [3.8, 4) is 17.2 Å². The fraction of sp³-hybridized carbons (Fsp3) is 0.136. The largest absolute Gasteiger partial charge is 0.493 e. The maximum Gasteiger partial charge on any atom is 0.271 e. The number of halogens is 2. The van der Waals surface area contributed by atoms with E-state index >= 15 is 0 Å². The highest BCUT2D eigenvalue weighted by Gasteiger charge is 2.11. The van der Waals surface area contributed by atoms with Crippen molar-refractivity contribution >= 4 is 44.0 Å². The lowest BCUT2D eigenvalue weighted by Crippen LogP contribution is -2.17. The number of methoxy groups -OCH3 is 1. The van der Waals surface area contributed by atoms with E-state index in [1.54, 1.807) is 37.7 Å². The molecule has 0 spiro atoms. The van der Waals surface area contributed by atoms with Crippen LogP contribution in [0, 0.1) is 0 Å². The molecular formula is C22H19Br2N3O4. The van der Waals surface area contributed by atoms with E-state index in [0.29, 0.717) is 34.7 Å². The highest BCUT2D eigenvalue weighted by atomic mass is 79.9. The summed E-state index contributed by atoms with van der Waals surface area (Å²) < 4.78 is 18.6. The summed E-state index contributed by atoms with van der Waals surface area (Å²) in [7, 11) is 1.55. The van der Waals surface area contributed by atoms with E-state index in [9.17, 15) is 4.79 Å². The molecule has 2 aromatic carbocycles. The monoisotopic (exact) mass is 547 g/mol. The number of nitrogens with one attached hydrogen (secondary N) is 1. The van der Waals surface area contributed by atoms with Gasteiger partial charge in [0.25, 0.3) is 5.91 Å². The third-order valence-electron chi connectivity index (χ3n) is 3.99. The van der Waals surface area contributed by atoms with E-state index in [2.05, 4.69) is 47.4 Å². The topological polar surface area (TPSA) is 82.0 Å². The van der Waals surface area contributed by atoms with Crippen LogP contribution >= 0.6 is 31.9 Å². The Labute approximate surface area is 196 Å². The number of hydrazone groups is 1. The maximum atomic E-state index is 12.0. The molecule has 0 aliphatic rings. The first-order valence-corrected chi connectivity index (χ1v) is 10.8. The fourth-order valence-corrected chi connectivity index (χ4v) is 3.36. The van der Waals surface area contributed by atoms with Crippen molar-refractivity contribution in [2.24, 2.45) is 5.10 Å². The van der Waals surface area contributed by atoms with Gasteiger partial charge in [-0.15, -0.1) is 0 Å². The van der Waals surface area contributed by atoms with E-state index in [4.69, 9.17) is 14.2 Å². The van der Waals surface area contributed by atoms with Crippen molar-refractivity contribution in [2.75, 3.05) is 20.3 Å². The van der Waals surface area contributed by atoms with E-state index in [-0.39, 0.29) is 5.91 Å². The Morgan fingerprint density at radius 3 is 2.48 bits per heavy atom. The Morgan fingerprint density at radius 1 is 1.06 bits per heavy atom. The Kier molecular flexibility index (Phi) is 8.43. The zero-order valence-corrected chi connectivity index (χ0v) is 19.7. The first kappa shape index (κ1) is 22.8. The first-order chi connectivity index (χ1) is 15.1. The van der Waals surface area contributed by atoms with Gasteiger partial charge in [0.15, 0.2) is 11.5 Å². The average Bonchev–Trinajstić information content (AvgIpc) is 2.79. The standard InChI is InChI=1S/C22H19Br2N3O4/c1-29-20-13-15(14-26-27-22(28)16-6-8-25-9-7-16)12-19(24)21(20)31-11-10-30-18-4-2-17(23)3-5-18/h2-9,12-14H,10-11H2,1H3,(H,27,28)/b26-14-. The molecule has 1 amide bonds. The van der Waals surface area contributed by atoms with Crippen molar-refractivity contribution in [1.82, 2.24) is 10.4 Å². The van der Waals surface area contributed by atoms with Gasteiger partial charge in [0.1, 0.15) is 19.0 Å². The van der Waals surface area contributed by atoms with Crippen LogP contribution in [0.5, 0.6) is 17.2 Å². The number of hydrogen-bond acceptors (Lipinski definition) is 6. The predicted octanol–water partition coefficient (Wildman–Crippen LogP) is 4.84. The van der Waals surface area contributed by atoms with Crippen LogP contribution < -0.4 is 19.6 Å². The summed E-state index contributed by atoms with van der Waals surface area (Å²) in [5.41, 5.74) is 3.67. The predicted molar refractivity (Wildman–Crippen MR) is 125 cm³/mol. The number of nitrogens with zero attached hydrogens (tertiary/aromatic N) is 2. The number of hydrogen-bond donors (Lipinski definition) is 1. The van der Waals surface area contributed by atoms with Gasteiger partial charge in [-0.05, 0) is 70.0 Å². The summed E-state index contributed by atoms with van der Waals surface area (Å²) in [6.07, 6.45) is 4.61. The lowest BCUT2D eigenvalue weighted by Gasteiger charge is -2.14. The van der Waals surface area contributed by atoms with Crippen LogP contribution in [0.4, 0.5) is 0 Å². The summed E-state index contributed by atoms with van der Waals surface area (Å²) >= 11 is 6.88. The van der Waals surface area contributed by atoms with E-state index in [1.807, 2.05) is 30.3 Å². The molecule has 1 heterocycles. The van der Waals surface area contributed by atoms with Gasteiger partial charge < -0.3 is 14.2 Å². The van der Waals surface area contributed by atoms with Gasteiger partial charge in [0, 0.05) is 22.4 Å². The second kappa shape index (κ2) is 11.5. The molecule has 1 N–H and O–H groups in total. The number of pyridine rings is 1. The minimum atomic E-state index is -0.324. The Bertz CT molecular complexity index is 1040. The van der Waals surface area contributed by atoms with Gasteiger partial charge in [-0.25, -0.2) is 5.43 Å². The molecule has 160 valence electrons. The third kappa shape index (κ3) is 6.80. The molecule has 0 unspecified atom stereocenters. The molecule has 0 bridgehead atoms. The normalized spacial score (nSPS) is 10.7. The summed E-state index contributed by atoms with van der Waals surface area (Å²) in [5, 5.41) is 3.99. The van der Waals surface area contributed by atoms with Gasteiger partial charge in [0.05, 0.1) is 17.8 Å². The van der Waals surface area contributed by atoms with Crippen molar-refractivity contribution < 1.29 is 19.0 Å². The molecule has 0 fully saturated rings. The molecule has 0 saturated heterocycles. The molecule has 0 aliphatic heterocycles. The smallest absolute Gasteiger partial charge is 0.271 e. The Balaban J connectivity index is 1.57. The average molecular weight is 549 g/mol.